The molecule has 2 aromatic rings. The fourth-order valence-electron chi connectivity index (χ4n) is 2.17. The van der Waals surface area contributed by atoms with Gasteiger partial charge in [-0.25, -0.2) is 4.79 Å². The Kier molecular flexibility index (Phi) is 5.16. The maximum Gasteiger partial charge on any atom is 0.339 e. The predicted molar refractivity (Wildman–Crippen MR) is 89.2 cm³/mol. The molecule has 0 spiro atoms. The van der Waals surface area contributed by atoms with Crippen LogP contribution in [0.2, 0.25) is 0 Å². The lowest BCUT2D eigenvalue weighted by atomic mass is 10.1. The molecule has 0 bridgehead atoms. The van der Waals surface area contributed by atoms with Crippen LogP contribution in [-0.2, 0) is 9.53 Å². The van der Waals surface area contributed by atoms with Crippen molar-refractivity contribution in [2.45, 2.75) is 20.0 Å². The quantitative estimate of drug-likeness (QED) is 0.814. The molecule has 2 rings (SSSR count). The third-order valence-electron chi connectivity index (χ3n) is 3.73. The fraction of sp³-hybridized carbons (Fsp3) is 0.263. The van der Waals surface area contributed by atoms with Crippen molar-refractivity contribution < 1.29 is 14.3 Å². The van der Waals surface area contributed by atoms with Crippen LogP contribution in [0.1, 0.15) is 33.2 Å². The number of carbonyl (C=O) groups excluding carboxylic acids is 2. The number of aryl methyl sites for hydroxylation is 2. The summed E-state index contributed by atoms with van der Waals surface area (Å²) in [4.78, 5) is 26.2. The normalized spacial score (nSPS) is 11.7. The number of benzene rings is 2. The van der Waals surface area contributed by atoms with Gasteiger partial charge in [-0.2, -0.15) is 0 Å². The maximum absolute atomic E-state index is 12.4. The van der Waals surface area contributed by atoms with Gasteiger partial charge < -0.3 is 9.64 Å². The highest BCUT2D eigenvalue weighted by Gasteiger charge is 2.27. The zero-order valence-corrected chi connectivity index (χ0v) is 13.9. The number of likely N-dealkylation sites (N-methyl/N-ethyl adjacent to an activating group) is 1. The highest BCUT2D eigenvalue weighted by molar-refractivity contribution is 5.92. The molecule has 0 heterocycles. The molecule has 0 aliphatic carbocycles. The summed E-state index contributed by atoms with van der Waals surface area (Å²) in [5.74, 6) is -0.773. The number of amides is 1. The van der Waals surface area contributed by atoms with E-state index in [1.54, 1.807) is 38.4 Å². The first-order valence-electron chi connectivity index (χ1n) is 7.44. The van der Waals surface area contributed by atoms with E-state index in [1.165, 1.54) is 4.90 Å². The topological polar surface area (TPSA) is 46.6 Å². The third kappa shape index (κ3) is 3.97. The molecule has 0 aromatic heterocycles. The number of carbonyl (C=O) groups is 2. The van der Waals surface area contributed by atoms with Gasteiger partial charge in [-0.3, -0.25) is 4.79 Å². The first-order chi connectivity index (χ1) is 10.9. The number of hydrogen-bond donors (Lipinski definition) is 0. The van der Waals surface area contributed by atoms with E-state index in [0.717, 1.165) is 11.1 Å². The second-order valence-electron chi connectivity index (χ2n) is 5.73. The summed E-state index contributed by atoms with van der Waals surface area (Å²) in [6.45, 7) is 3.92. The minimum Gasteiger partial charge on any atom is -0.444 e. The van der Waals surface area contributed by atoms with Gasteiger partial charge in [0.15, 0.2) is 0 Å². The monoisotopic (exact) mass is 311 g/mol. The molecule has 120 valence electrons. The molecule has 2 aromatic carbocycles. The Morgan fingerprint density at radius 2 is 1.61 bits per heavy atom. The summed E-state index contributed by atoms with van der Waals surface area (Å²) in [5, 5.41) is 0. The zero-order valence-electron chi connectivity index (χ0n) is 13.9. The molecule has 1 atom stereocenters. The number of ether oxygens (including phenoxy) is 1. The van der Waals surface area contributed by atoms with Crippen molar-refractivity contribution in [3.8, 4) is 0 Å². The molecule has 0 fully saturated rings. The van der Waals surface area contributed by atoms with Crippen LogP contribution in [0.3, 0.4) is 0 Å². The van der Waals surface area contributed by atoms with E-state index in [-0.39, 0.29) is 5.91 Å². The number of rotatable bonds is 4. The second kappa shape index (κ2) is 7.09. The molecule has 0 aliphatic heterocycles. The smallest absolute Gasteiger partial charge is 0.339 e. The molecular formula is C19H21NO3. The van der Waals surface area contributed by atoms with E-state index >= 15 is 0 Å². The standard InChI is InChI=1S/C19H21NO3/c1-13-10-11-16(12-14(13)2)19(22)23-17(18(21)20(3)4)15-8-6-5-7-9-15/h5-12,17H,1-4H3/t17-/m1/s1. The van der Waals surface area contributed by atoms with Crippen LogP contribution in [0, 0.1) is 13.8 Å². The molecule has 0 saturated heterocycles. The van der Waals surface area contributed by atoms with Gasteiger partial charge in [-0.1, -0.05) is 36.4 Å². The van der Waals surface area contributed by atoms with E-state index in [9.17, 15) is 9.59 Å². The molecule has 0 radical (unpaired) electrons. The number of esters is 1. The minimum atomic E-state index is -0.944. The van der Waals surface area contributed by atoms with E-state index in [2.05, 4.69) is 0 Å². The van der Waals surface area contributed by atoms with Crippen LogP contribution < -0.4 is 0 Å². The van der Waals surface area contributed by atoms with E-state index in [0.29, 0.717) is 11.1 Å². The number of hydrogen-bond acceptors (Lipinski definition) is 3. The largest absolute Gasteiger partial charge is 0.444 e. The van der Waals surface area contributed by atoms with Crippen molar-refractivity contribution in [3.05, 3.63) is 70.8 Å². The molecule has 4 nitrogen and oxygen atoms in total. The predicted octanol–water partition coefficient (Wildman–Crippen LogP) is 3.29. The van der Waals surface area contributed by atoms with Gasteiger partial charge >= 0.3 is 5.97 Å². The van der Waals surface area contributed by atoms with Crippen molar-refractivity contribution in [3.63, 3.8) is 0 Å². The third-order valence-corrected chi connectivity index (χ3v) is 3.73. The molecular weight excluding hydrogens is 290 g/mol. The van der Waals surface area contributed by atoms with Crippen molar-refractivity contribution >= 4 is 11.9 Å². The van der Waals surface area contributed by atoms with Gasteiger partial charge in [-0.15, -0.1) is 0 Å². The second-order valence-corrected chi connectivity index (χ2v) is 5.73. The highest BCUT2D eigenvalue weighted by atomic mass is 16.5. The first kappa shape index (κ1) is 16.7. The Labute approximate surface area is 136 Å². The first-order valence-corrected chi connectivity index (χ1v) is 7.44. The molecule has 4 heteroatoms. The lowest BCUT2D eigenvalue weighted by molar-refractivity contribution is -0.138. The van der Waals surface area contributed by atoms with Gasteiger partial charge in [-0.05, 0) is 37.1 Å². The summed E-state index contributed by atoms with van der Waals surface area (Å²) in [5.41, 5.74) is 3.21. The summed E-state index contributed by atoms with van der Waals surface area (Å²) in [6, 6.07) is 14.4. The average molecular weight is 311 g/mol. The Bertz CT molecular complexity index is 708. The Balaban J connectivity index is 2.28. The molecule has 0 aliphatic rings. The van der Waals surface area contributed by atoms with E-state index < -0.39 is 12.1 Å². The summed E-state index contributed by atoms with van der Waals surface area (Å²) in [6.07, 6.45) is -0.944. The van der Waals surface area contributed by atoms with E-state index in [1.807, 2.05) is 38.1 Å². The van der Waals surface area contributed by atoms with Crippen molar-refractivity contribution in [2.75, 3.05) is 14.1 Å². The minimum absolute atomic E-state index is 0.270. The molecule has 0 saturated carbocycles. The summed E-state index contributed by atoms with van der Waals surface area (Å²) in [7, 11) is 3.28. The van der Waals surface area contributed by atoms with Gasteiger partial charge in [0.05, 0.1) is 5.56 Å². The van der Waals surface area contributed by atoms with Crippen molar-refractivity contribution in [2.24, 2.45) is 0 Å². The fourth-order valence-corrected chi connectivity index (χ4v) is 2.17. The summed E-state index contributed by atoms with van der Waals surface area (Å²) >= 11 is 0. The Hall–Kier alpha value is -2.62. The van der Waals surface area contributed by atoms with Gasteiger partial charge in [0, 0.05) is 19.7 Å². The lowest BCUT2D eigenvalue weighted by Gasteiger charge is -2.21. The van der Waals surface area contributed by atoms with Gasteiger partial charge in [0.2, 0.25) is 6.10 Å². The van der Waals surface area contributed by atoms with Crippen LogP contribution in [0.25, 0.3) is 0 Å². The number of nitrogens with zero attached hydrogens (tertiary/aromatic N) is 1. The van der Waals surface area contributed by atoms with Crippen LogP contribution in [0.4, 0.5) is 0 Å². The Morgan fingerprint density at radius 1 is 0.957 bits per heavy atom. The molecule has 23 heavy (non-hydrogen) atoms. The maximum atomic E-state index is 12.4. The van der Waals surface area contributed by atoms with Gasteiger partial charge in [0.1, 0.15) is 0 Å². The summed E-state index contributed by atoms with van der Waals surface area (Å²) < 4.78 is 5.51. The van der Waals surface area contributed by atoms with Crippen LogP contribution >= 0.6 is 0 Å². The highest BCUT2D eigenvalue weighted by Crippen LogP contribution is 2.22. The lowest BCUT2D eigenvalue weighted by Crippen LogP contribution is -2.31. The Morgan fingerprint density at radius 3 is 2.17 bits per heavy atom. The zero-order chi connectivity index (χ0) is 17.0. The molecule has 0 N–H and O–H groups in total. The van der Waals surface area contributed by atoms with Crippen molar-refractivity contribution in [1.82, 2.24) is 4.90 Å². The van der Waals surface area contributed by atoms with Crippen LogP contribution in [0.5, 0.6) is 0 Å². The SMILES string of the molecule is Cc1ccc(C(=O)O[C@@H](C(=O)N(C)C)c2ccccc2)cc1C. The van der Waals surface area contributed by atoms with Gasteiger partial charge in [0.25, 0.3) is 5.91 Å². The van der Waals surface area contributed by atoms with Crippen molar-refractivity contribution in [1.29, 1.82) is 0 Å². The molecule has 0 unspecified atom stereocenters. The van der Waals surface area contributed by atoms with E-state index in [4.69, 9.17) is 4.74 Å². The van der Waals surface area contributed by atoms with Crippen LogP contribution in [-0.4, -0.2) is 30.9 Å². The van der Waals surface area contributed by atoms with Crippen LogP contribution in [0.15, 0.2) is 48.5 Å². The average Bonchev–Trinajstić information content (AvgIpc) is 2.55. The molecule has 1 amide bonds.